The molecule has 2 heteroatoms. The van der Waals surface area contributed by atoms with Gasteiger partial charge in [0.25, 0.3) is 0 Å². The van der Waals surface area contributed by atoms with Crippen LogP contribution in [0.1, 0.15) is 31.9 Å². The van der Waals surface area contributed by atoms with Gasteiger partial charge in [0.15, 0.2) is 0 Å². The van der Waals surface area contributed by atoms with E-state index in [2.05, 4.69) is 18.8 Å². The van der Waals surface area contributed by atoms with E-state index in [0.717, 1.165) is 6.42 Å². The average Bonchev–Trinajstić information content (AvgIpc) is 2.20. The van der Waals surface area contributed by atoms with Gasteiger partial charge in [-0.3, -0.25) is 0 Å². The van der Waals surface area contributed by atoms with Gasteiger partial charge in [-0.2, -0.15) is 0 Å². The van der Waals surface area contributed by atoms with E-state index in [9.17, 15) is 0 Å². The van der Waals surface area contributed by atoms with Gasteiger partial charge in [-0.15, -0.1) is 0 Å². The summed E-state index contributed by atoms with van der Waals surface area (Å²) in [5.74, 6) is 0.694. The maximum Gasteiger partial charge on any atom is 0.213 e. The Morgan fingerprint density at radius 3 is 2.38 bits per heavy atom. The Kier molecular flexibility index (Phi) is 5.94. The Bertz CT molecular complexity index is 246. The number of rotatable bonds is 2. The number of pyridine rings is 1. The zero-order valence-electron chi connectivity index (χ0n) is 9.22. The minimum atomic E-state index is 0.694. The van der Waals surface area contributed by atoms with Crippen LogP contribution in [0.5, 0.6) is 5.88 Å². The van der Waals surface area contributed by atoms with Crippen LogP contribution in [0, 0.1) is 6.92 Å². The second-order valence-corrected chi connectivity index (χ2v) is 2.51. The van der Waals surface area contributed by atoms with Crippen LogP contribution in [0.25, 0.3) is 0 Å². The van der Waals surface area contributed by atoms with Gasteiger partial charge < -0.3 is 4.74 Å². The Morgan fingerprint density at radius 1 is 1.38 bits per heavy atom. The molecule has 2 nitrogen and oxygen atoms in total. The number of hydrogen-bond donors (Lipinski definition) is 0. The van der Waals surface area contributed by atoms with E-state index >= 15 is 0 Å². The van der Waals surface area contributed by atoms with Gasteiger partial charge in [0.05, 0.1) is 7.11 Å². The minimum absolute atomic E-state index is 0.694. The predicted octanol–water partition coefficient (Wildman–Crippen LogP) is 2.99. The molecular weight excluding hydrogens is 162 g/mol. The molecule has 13 heavy (non-hydrogen) atoms. The Balaban J connectivity index is 0.000000671. The quantitative estimate of drug-likeness (QED) is 0.699. The number of ether oxygens (including phenoxy) is 1. The zero-order chi connectivity index (χ0) is 10.3. The molecule has 0 N–H and O–H groups in total. The van der Waals surface area contributed by atoms with Crippen molar-refractivity contribution < 1.29 is 4.74 Å². The Hall–Kier alpha value is -1.05. The van der Waals surface area contributed by atoms with Crippen molar-refractivity contribution in [3.05, 3.63) is 23.4 Å². The van der Waals surface area contributed by atoms with Crippen molar-refractivity contribution in [3.8, 4) is 5.88 Å². The summed E-state index contributed by atoms with van der Waals surface area (Å²) >= 11 is 0. The van der Waals surface area contributed by atoms with Crippen molar-refractivity contribution in [3.63, 3.8) is 0 Å². The first-order chi connectivity index (χ1) is 6.27. The maximum absolute atomic E-state index is 4.98. The van der Waals surface area contributed by atoms with Gasteiger partial charge in [-0.05, 0) is 24.5 Å². The number of aromatic nitrogens is 1. The maximum atomic E-state index is 4.98. The SMILES string of the molecule is CC.CCc1cnc(OC)cc1C. The van der Waals surface area contributed by atoms with Crippen LogP contribution in [-0.2, 0) is 6.42 Å². The molecule has 0 atom stereocenters. The predicted molar refractivity (Wildman–Crippen MR) is 56.3 cm³/mol. The van der Waals surface area contributed by atoms with E-state index in [1.165, 1.54) is 11.1 Å². The first kappa shape index (κ1) is 11.9. The molecule has 0 saturated carbocycles. The molecular formula is C11H19NO. The van der Waals surface area contributed by atoms with Crippen molar-refractivity contribution in [2.24, 2.45) is 0 Å². The summed E-state index contributed by atoms with van der Waals surface area (Å²) in [5, 5.41) is 0. The van der Waals surface area contributed by atoms with Crippen molar-refractivity contribution in [2.75, 3.05) is 7.11 Å². The van der Waals surface area contributed by atoms with Crippen LogP contribution in [-0.4, -0.2) is 12.1 Å². The zero-order valence-corrected chi connectivity index (χ0v) is 9.22. The molecule has 0 bridgehead atoms. The molecule has 74 valence electrons. The fourth-order valence-corrected chi connectivity index (χ4v) is 1.04. The van der Waals surface area contributed by atoms with Crippen LogP contribution in [0.4, 0.5) is 0 Å². The van der Waals surface area contributed by atoms with Gasteiger partial charge in [-0.25, -0.2) is 4.98 Å². The smallest absolute Gasteiger partial charge is 0.213 e. The summed E-state index contributed by atoms with van der Waals surface area (Å²) in [5.41, 5.74) is 2.53. The normalized spacial score (nSPS) is 8.69. The third kappa shape index (κ3) is 3.45. The highest BCUT2D eigenvalue weighted by molar-refractivity contribution is 5.27. The number of aryl methyl sites for hydroxylation is 2. The molecule has 1 heterocycles. The lowest BCUT2D eigenvalue weighted by molar-refractivity contribution is 0.397. The van der Waals surface area contributed by atoms with E-state index in [1.54, 1.807) is 7.11 Å². The number of methoxy groups -OCH3 is 1. The van der Waals surface area contributed by atoms with Gasteiger partial charge in [0, 0.05) is 12.3 Å². The van der Waals surface area contributed by atoms with Crippen LogP contribution in [0.15, 0.2) is 12.3 Å². The number of hydrogen-bond acceptors (Lipinski definition) is 2. The van der Waals surface area contributed by atoms with Gasteiger partial charge >= 0.3 is 0 Å². The van der Waals surface area contributed by atoms with Crippen molar-refractivity contribution in [1.29, 1.82) is 0 Å². The molecule has 0 fully saturated rings. The monoisotopic (exact) mass is 181 g/mol. The molecule has 1 aromatic rings. The van der Waals surface area contributed by atoms with Crippen molar-refractivity contribution in [1.82, 2.24) is 4.98 Å². The second kappa shape index (κ2) is 6.46. The van der Waals surface area contributed by atoms with Gasteiger partial charge in [-0.1, -0.05) is 20.8 Å². The molecule has 0 aliphatic heterocycles. The Labute approximate surface area is 81.0 Å². The first-order valence-corrected chi connectivity index (χ1v) is 4.77. The molecule has 0 aliphatic rings. The molecule has 0 unspecified atom stereocenters. The summed E-state index contributed by atoms with van der Waals surface area (Å²) in [6, 6.07) is 1.96. The largest absolute Gasteiger partial charge is 0.481 e. The molecule has 0 radical (unpaired) electrons. The van der Waals surface area contributed by atoms with E-state index in [4.69, 9.17) is 4.74 Å². The fraction of sp³-hybridized carbons (Fsp3) is 0.545. The minimum Gasteiger partial charge on any atom is -0.481 e. The van der Waals surface area contributed by atoms with E-state index in [1.807, 2.05) is 26.1 Å². The summed E-state index contributed by atoms with van der Waals surface area (Å²) in [6.45, 7) is 8.19. The van der Waals surface area contributed by atoms with Crippen LogP contribution < -0.4 is 4.74 Å². The lowest BCUT2D eigenvalue weighted by Gasteiger charge is -2.03. The summed E-state index contributed by atoms with van der Waals surface area (Å²) in [6.07, 6.45) is 2.90. The van der Waals surface area contributed by atoms with Crippen molar-refractivity contribution in [2.45, 2.75) is 34.1 Å². The van der Waals surface area contributed by atoms with Crippen molar-refractivity contribution >= 4 is 0 Å². The summed E-state index contributed by atoms with van der Waals surface area (Å²) < 4.78 is 4.98. The third-order valence-corrected chi connectivity index (χ3v) is 1.78. The highest BCUT2D eigenvalue weighted by Crippen LogP contribution is 2.12. The van der Waals surface area contributed by atoms with Gasteiger partial charge in [0.2, 0.25) is 5.88 Å². The average molecular weight is 181 g/mol. The van der Waals surface area contributed by atoms with Crippen LogP contribution in [0.2, 0.25) is 0 Å². The summed E-state index contributed by atoms with van der Waals surface area (Å²) in [7, 11) is 1.63. The van der Waals surface area contributed by atoms with Gasteiger partial charge in [0.1, 0.15) is 0 Å². The Morgan fingerprint density at radius 2 is 2.00 bits per heavy atom. The highest BCUT2D eigenvalue weighted by atomic mass is 16.5. The standard InChI is InChI=1S/C9H13NO.C2H6/c1-4-8-6-10-9(11-3)5-7(8)2;1-2/h5-6H,4H2,1-3H3;1-2H3. The second-order valence-electron chi connectivity index (χ2n) is 2.51. The summed E-state index contributed by atoms with van der Waals surface area (Å²) in [4.78, 5) is 4.11. The molecule has 1 rings (SSSR count). The lowest BCUT2D eigenvalue weighted by atomic mass is 10.1. The molecule has 0 aliphatic carbocycles. The highest BCUT2D eigenvalue weighted by Gasteiger charge is 1.97. The lowest BCUT2D eigenvalue weighted by Crippen LogP contribution is -1.92. The third-order valence-electron chi connectivity index (χ3n) is 1.78. The molecule has 0 amide bonds. The van der Waals surface area contributed by atoms with E-state index in [-0.39, 0.29) is 0 Å². The molecule has 0 aromatic carbocycles. The first-order valence-electron chi connectivity index (χ1n) is 4.77. The topological polar surface area (TPSA) is 22.1 Å². The fourth-order valence-electron chi connectivity index (χ4n) is 1.04. The van der Waals surface area contributed by atoms with E-state index < -0.39 is 0 Å². The van der Waals surface area contributed by atoms with Crippen LogP contribution in [0.3, 0.4) is 0 Å². The van der Waals surface area contributed by atoms with E-state index in [0.29, 0.717) is 5.88 Å². The van der Waals surface area contributed by atoms with Crippen LogP contribution >= 0.6 is 0 Å². The molecule has 0 saturated heterocycles. The number of nitrogens with zero attached hydrogens (tertiary/aromatic N) is 1. The molecule has 1 aromatic heterocycles. The molecule has 0 spiro atoms.